The van der Waals surface area contributed by atoms with Gasteiger partial charge >= 0.3 is 0 Å². The summed E-state index contributed by atoms with van der Waals surface area (Å²) in [6.45, 7) is 4.07. The monoisotopic (exact) mass is 218 g/mol. The number of aliphatic hydroxyl groups is 1. The summed E-state index contributed by atoms with van der Waals surface area (Å²) in [5, 5.41) is 9.96. The first-order chi connectivity index (χ1) is 7.68. The van der Waals surface area contributed by atoms with Crippen molar-refractivity contribution in [2.45, 2.75) is 51.6 Å². The van der Waals surface area contributed by atoms with E-state index in [1.807, 2.05) is 6.92 Å². The predicted octanol–water partition coefficient (Wildman–Crippen LogP) is 3.65. The van der Waals surface area contributed by atoms with Gasteiger partial charge in [0.1, 0.15) is 0 Å². The van der Waals surface area contributed by atoms with Gasteiger partial charge in [-0.2, -0.15) is 0 Å². The quantitative estimate of drug-likeness (QED) is 0.818. The van der Waals surface area contributed by atoms with Gasteiger partial charge in [-0.15, -0.1) is 0 Å². The molecule has 1 fully saturated rings. The third-order valence-corrected chi connectivity index (χ3v) is 3.98. The SMILES string of the molecule is Cc1ccccc1[C@H](CC1CCC1)[C@H](C)O. The molecule has 0 unspecified atom stereocenters. The summed E-state index contributed by atoms with van der Waals surface area (Å²) < 4.78 is 0. The van der Waals surface area contributed by atoms with Crippen LogP contribution in [0.3, 0.4) is 0 Å². The maximum absolute atomic E-state index is 9.96. The fraction of sp³-hybridized carbons (Fsp3) is 0.600. The van der Waals surface area contributed by atoms with Gasteiger partial charge in [0.15, 0.2) is 0 Å². The summed E-state index contributed by atoms with van der Waals surface area (Å²) in [5.41, 5.74) is 2.65. The van der Waals surface area contributed by atoms with E-state index in [9.17, 15) is 5.11 Å². The van der Waals surface area contributed by atoms with Gasteiger partial charge in [0.25, 0.3) is 0 Å². The number of hydrogen-bond donors (Lipinski definition) is 1. The number of hydrogen-bond acceptors (Lipinski definition) is 1. The van der Waals surface area contributed by atoms with Gasteiger partial charge in [-0.1, -0.05) is 43.5 Å². The molecular formula is C15H22O. The van der Waals surface area contributed by atoms with Gasteiger partial charge in [-0.05, 0) is 37.3 Å². The largest absolute Gasteiger partial charge is 0.393 e. The normalized spacial score (nSPS) is 20.2. The zero-order valence-corrected chi connectivity index (χ0v) is 10.3. The van der Waals surface area contributed by atoms with Gasteiger partial charge in [0.05, 0.1) is 6.10 Å². The zero-order chi connectivity index (χ0) is 11.5. The van der Waals surface area contributed by atoms with E-state index in [2.05, 4.69) is 31.2 Å². The van der Waals surface area contributed by atoms with E-state index in [-0.39, 0.29) is 6.10 Å². The van der Waals surface area contributed by atoms with Crippen LogP contribution in [0.15, 0.2) is 24.3 Å². The first-order valence-corrected chi connectivity index (χ1v) is 6.42. The molecule has 1 aliphatic rings. The minimum Gasteiger partial charge on any atom is -0.393 e. The van der Waals surface area contributed by atoms with Crippen molar-refractivity contribution < 1.29 is 5.11 Å². The van der Waals surface area contributed by atoms with Crippen LogP contribution in [0.1, 0.15) is 49.7 Å². The summed E-state index contributed by atoms with van der Waals surface area (Å²) in [6, 6.07) is 8.47. The number of benzene rings is 1. The van der Waals surface area contributed by atoms with Crippen molar-refractivity contribution in [3.63, 3.8) is 0 Å². The molecule has 2 rings (SSSR count). The molecule has 88 valence electrons. The van der Waals surface area contributed by atoms with Crippen molar-refractivity contribution in [2.24, 2.45) is 5.92 Å². The van der Waals surface area contributed by atoms with Crippen molar-refractivity contribution in [1.82, 2.24) is 0 Å². The molecule has 0 bridgehead atoms. The average molecular weight is 218 g/mol. The second kappa shape index (κ2) is 5.01. The molecule has 1 aliphatic carbocycles. The Balaban J connectivity index is 2.14. The first kappa shape index (κ1) is 11.7. The molecule has 0 aliphatic heterocycles. The topological polar surface area (TPSA) is 20.2 Å². The Bertz CT molecular complexity index is 339. The van der Waals surface area contributed by atoms with Gasteiger partial charge in [-0.3, -0.25) is 0 Å². The van der Waals surface area contributed by atoms with Crippen molar-refractivity contribution in [2.75, 3.05) is 0 Å². The number of aryl methyl sites for hydroxylation is 1. The first-order valence-electron chi connectivity index (χ1n) is 6.42. The van der Waals surface area contributed by atoms with Gasteiger partial charge in [0.2, 0.25) is 0 Å². The summed E-state index contributed by atoms with van der Waals surface area (Å²) in [7, 11) is 0. The molecule has 1 heteroatoms. The minimum absolute atomic E-state index is 0.235. The third kappa shape index (κ3) is 2.46. The van der Waals surface area contributed by atoms with Crippen LogP contribution in [0.5, 0.6) is 0 Å². The molecule has 0 spiro atoms. The van der Waals surface area contributed by atoms with E-state index in [1.54, 1.807) is 0 Å². The molecule has 1 nitrogen and oxygen atoms in total. The Morgan fingerprint density at radius 3 is 2.50 bits per heavy atom. The smallest absolute Gasteiger partial charge is 0.0580 e. The lowest BCUT2D eigenvalue weighted by Crippen LogP contribution is -2.22. The molecule has 0 amide bonds. The van der Waals surface area contributed by atoms with Crippen LogP contribution < -0.4 is 0 Å². The second-order valence-corrected chi connectivity index (χ2v) is 5.24. The van der Waals surface area contributed by atoms with Crippen molar-refractivity contribution in [3.05, 3.63) is 35.4 Å². The highest BCUT2D eigenvalue weighted by Gasteiger charge is 2.26. The van der Waals surface area contributed by atoms with Crippen LogP contribution in [0, 0.1) is 12.8 Å². The maximum atomic E-state index is 9.96. The third-order valence-electron chi connectivity index (χ3n) is 3.98. The molecule has 1 aromatic carbocycles. The van der Waals surface area contributed by atoms with Crippen LogP contribution in [0.25, 0.3) is 0 Å². The highest BCUT2D eigenvalue weighted by atomic mass is 16.3. The Kier molecular flexibility index (Phi) is 3.65. The standard InChI is InChI=1S/C15H22O/c1-11-6-3-4-9-14(11)15(12(2)16)10-13-7-5-8-13/h3-4,6,9,12-13,15-16H,5,7-8,10H2,1-2H3/t12-,15+/m0/s1. The van der Waals surface area contributed by atoms with Crippen LogP contribution >= 0.6 is 0 Å². The lowest BCUT2D eigenvalue weighted by Gasteiger charge is -2.32. The van der Waals surface area contributed by atoms with Crippen molar-refractivity contribution in [3.8, 4) is 0 Å². The molecule has 0 saturated heterocycles. The summed E-state index contributed by atoms with van der Waals surface area (Å²) in [4.78, 5) is 0. The number of rotatable bonds is 4. The molecule has 1 aromatic rings. The van der Waals surface area contributed by atoms with E-state index in [1.165, 1.54) is 30.4 Å². The molecule has 1 saturated carbocycles. The van der Waals surface area contributed by atoms with Gasteiger partial charge in [0, 0.05) is 5.92 Å². The lowest BCUT2D eigenvalue weighted by atomic mass is 9.75. The molecule has 2 atom stereocenters. The van der Waals surface area contributed by atoms with E-state index in [0.717, 1.165) is 12.3 Å². The number of aliphatic hydroxyl groups excluding tert-OH is 1. The van der Waals surface area contributed by atoms with Crippen molar-refractivity contribution >= 4 is 0 Å². The second-order valence-electron chi connectivity index (χ2n) is 5.24. The molecule has 0 aromatic heterocycles. The van der Waals surface area contributed by atoms with Crippen molar-refractivity contribution in [1.29, 1.82) is 0 Å². The van der Waals surface area contributed by atoms with Gasteiger partial charge in [-0.25, -0.2) is 0 Å². The molecule has 0 radical (unpaired) electrons. The Hall–Kier alpha value is -0.820. The minimum atomic E-state index is -0.235. The molecule has 0 heterocycles. The summed E-state index contributed by atoms with van der Waals surface area (Å²) >= 11 is 0. The Labute approximate surface area is 98.5 Å². The fourth-order valence-electron chi connectivity index (χ4n) is 2.67. The van der Waals surface area contributed by atoms with E-state index >= 15 is 0 Å². The molecular weight excluding hydrogens is 196 g/mol. The maximum Gasteiger partial charge on any atom is 0.0580 e. The lowest BCUT2D eigenvalue weighted by molar-refractivity contribution is 0.134. The van der Waals surface area contributed by atoms with Crippen LogP contribution in [-0.2, 0) is 0 Å². The fourth-order valence-corrected chi connectivity index (χ4v) is 2.67. The summed E-state index contributed by atoms with van der Waals surface area (Å²) in [5.74, 6) is 1.17. The van der Waals surface area contributed by atoms with Gasteiger partial charge < -0.3 is 5.11 Å². The average Bonchev–Trinajstić information content (AvgIpc) is 2.18. The Morgan fingerprint density at radius 2 is 2.00 bits per heavy atom. The van der Waals surface area contributed by atoms with E-state index in [0.29, 0.717) is 5.92 Å². The molecule has 16 heavy (non-hydrogen) atoms. The Morgan fingerprint density at radius 1 is 1.31 bits per heavy atom. The van der Waals surface area contributed by atoms with E-state index < -0.39 is 0 Å². The molecule has 1 N–H and O–H groups in total. The van der Waals surface area contributed by atoms with E-state index in [4.69, 9.17) is 0 Å². The summed E-state index contributed by atoms with van der Waals surface area (Å²) in [6.07, 6.45) is 5.01. The zero-order valence-electron chi connectivity index (χ0n) is 10.3. The van der Waals surface area contributed by atoms with Crippen LogP contribution in [-0.4, -0.2) is 11.2 Å². The van der Waals surface area contributed by atoms with Crippen LogP contribution in [0.4, 0.5) is 0 Å². The predicted molar refractivity (Wildman–Crippen MR) is 67.6 cm³/mol. The highest BCUT2D eigenvalue weighted by molar-refractivity contribution is 5.30. The van der Waals surface area contributed by atoms with Crippen LogP contribution in [0.2, 0.25) is 0 Å². The highest BCUT2D eigenvalue weighted by Crippen LogP contribution is 2.38.